The maximum absolute atomic E-state index is 12.1. The van der Waals surface area contributed by atoms with Gasteiger partial charge in [0, 0.05) is 19.0 Å². The van der Waals surface area contributed by atoms with Crippen LogP contribution in [0.3, 0.4) is 0 Å². The van der Waals surface area contributed by atoms with Gasteiger partial charge in [-0.2, -0.15) is 0 Å². The fraction of sp³-hybridized carbons (Fsp3) is 0.429. The zero-order chi connectivity index (χ0) is 17.4. The number of nitrogens with one attached hydrogen (secondary N) is 1. The topological polar surface area (TPSA) is 128 Å². The quantitative estimate of drug-likeness (QED) is 0.400. The van der Waals surface area contributed by atoms with E-state index in [4.69, 9.17) is 14.6 Å². The van der Waals surface area contributed by atoms with Gasteiger partial charge in [0.1, 0.15) is 5.56 Å². The summed E-state index contributed by atoms with van der Waals surface area (Å²) in [7, 11) is 1.34. The van der Waals surface area contributed by atoms with Crippen LogP contribution in [0.1, 0.15) is 30.1 Å². The Balaban J connectivity index is 3.01. The number of carboxylic acids is 1. The second-order valence-electron chi connectivity index (χ2n) is 4.46. The van der Waals surface area contributed by atoms with Crippen molar-refractivity contribution in [2.24, 2.45) is 0 Å². The Hall–Kier alpha value is -2.84. The van der Waals surface area contributed by atoms with Gasteiger partial charge >= 0.3 is 5.97 Å². The lowest BCUT2D eigenvalue weighted by atomic mass is 10.1. The van der Waals surface area contributed by atoms with Crippen molar-refractivity contribution < 1.29 is 29.1 Å². The largest absolute Gasteiger partial charge is 0.493 e. The minimum absolute atomic E-state index is 0.0955. The molecule has 0 radical (unpaired) electrons. The molecule has 0 spiro atoms. The molecular formula is C14H18N2O7. The van der Waals surface area contributed by atoms with Crippen LogP contribution in [0, 0.1) is 10.1 Å². The van der Waals surface area contributed by atoms with Gasteiger partial charge in [0.15, 0.2) is 11.5 Å². The zero-order valence-corrected chi connectivity index (χ0v) is 12.8. The van der Waals surface area contributed by atoms with E-state index in [9.17, 15) is 19.7 Å². The number of benzene rings is 1. The maximum atomic E-state index is 12.1. The molecule has 0 unspecified atom stereocenters. The molecule has 1 amide bonds. The molecule has 0 aliphatic heterocycles. The lowest BCUT2D eigenvalue weighted by Crippen LogP contribution is -2.25. The minimum atomic E-state index is -0.978. The number of nitro groups is 1. The summed E-state index contributed by atoms with van der Waals surface area (Å²) in [6, 6.07) is 2.37. The van der Waals surface area contributed by atoms with Crippen molar-refractivity contribution in [1.29, 1.82) is 0 Å². The summed E-state index contributed by atoms with van der Waals surface area (Å²) in [5, 5.41) is 22.1. The average molecular weight is 326 g/mol. The number of hydrogen-bond donors (Lipinski definition) is 2. The highest BCUT2D eigenvalue weighted by Gasteiger charge is 2.24. The Kier molecular flexibility index (Phi) is 6.78. The number of amides is 1. The zero-order valence-electron chi connectivity index (χ0n) is 12.8. The van der Waals surface area contributed by atoms with E-state index in [0.29, 0.717) is 6.61 Å². The molecule has 9 heteroatoms. The Morgan fingerprint density at radius 3 is 2.57 bits per heavy atom. The number of nitrogens with zero attached hydrogens (tertiary/aromatic N) is 1. The van der Waals surface area contributed by atoms with E-state index in [1.165, 1.54) is 13.2 Å². The highest BCUT2D eigenvalue weighted by molar-refractivity contribution is 5.99. The summed E-state index contributed by atoms with van der Waals surface area (Å²) < 4.78 is 10.3. The van der Waals surface area contributed by atoms with Crippen LogP contribution in [0.15, 0.2) is 12.1 Å². The monoisotopic (exact) mass is 326 g/mol. The molecule has 0 saturated heterocycles. The SMILES string of the molecule is CCOc1cc(C(=O)NCCCC(=O)O)c([N+](=O)[O-])cc1OC. The van der Waals surface area contributed by atoms with E-state index >= 15 is 0 Å². The van der Waals surface area contributed by atoms with E-state index < -0.39 is 22.5 Å². The van der Waals surface area contributed by atoms with E-state index in [-0.39, 0.29) is 36.4 Å². The van der Waals surface area contributed by atoms with E-state index in [1.807, 2.05) is 0 Å². The van der Waals surface area contributed by atoms with Crippen LogP contribution in [0.4, 0.5) is 5.69 Å². The van der Waals surface area contributed by atoms with Crippen LogP contribution < -0.4 is 14.8 Å². The summed E-state index contributed by atoms with van der Waals surface area (Å²) in [6.45, 7) is 2.12. The average Bonchev–Trinajstić information content (AvgIpc) is 2.50. The number of hydrogen-bond acceptors (Lipinski definition) is 6. The molecule has 2 N–H and O–H groups in total. The molecule has 0 atom stereocenters. The number of rotatable bonds is 9. The summed E-state index contributed by atoms with van der Waals surface area (Å²) in [4.78, 5) is 33.0. The number of carbonyl (C=O) groups is 2. The van der Waals surface area contributed by atoms with Crippen molar-refractivity contribution in [2.45, 2.75) is 19.8 Å². The number of carboxylic acid groups (broad SMARTS) is 1. The maximum Gasteiger partial charge on any atom is 0.303 e. The number of nitro benzene ring substituents is 1. The van der Waals surface area contributed by atoms with Gasteiger partial charge in [0.2, 0.25) is 0 Å². The second-order valence-corrected chi connectivity index (χ2v) is 4.46. The number of methoxy groups -OCH3 is 1. The van der Waals surface area contributed by atoms with E-state index in [1.54, 1.807) is 6.92 Å². The Morgan fingerprint density at radius 2 is 2.04 bits per heavy atom. The van der Waals surface area contributed by atoms with E-state index in [0.717, 1.165) is 6.07 Å². The first-order valence-corrected chi connectivity index (χ1v) is 6.89. The van der Waals surface area contributed by atoms with E-state index in [2.05, 4.69) is 5.32 Å². The summed E-state index contributed by atoms with van der Waals surface area (Å²) in [6.07, 6.45) is 0.124. The molecule has 1 aromatic carbocycles. The Bertz CT molecular complexity index is 601. The fourth-order valence-electron chi connectivity index (χ4n) is 1.85. The van der Waals surface area contributed by atoms with Gasteiger partial charge in [0.05, 0.1) is 24.7 Å². The fourth-order valence-corrected chi connectivity index (χ4v) is 1.85. The van der Waals surface area contributed by atoms with Gasteiger partial charge in [0.25, 0.3) is 11.6 Å². The smallest absolute Gasteiger partial charge is 0.303 e. The molecule has 23 heavy (non-hydrogen) atoms. The number of carbonyl (C=O) groups excluding carboxylic acids is 1. The third-order valence-corrected chi connectivity index (χ3v) is 2.88. The van der Waals surface area contributed by atoms with Crippen molar-refractivity contribution in [3.63, 3.8) is 0 Å². The van der Waals surface area contributed by atoms with Gasteiger partial charge < -0.3 is 19.9 Å². The van der Waals surface area contributed by atoms with Gasteiger partial charge in [-0.1, -0.05) is 0 Å². The van der Waals surface area contributed by atoms with Crippen LogP contribution in [0.25, 0.3) is 0 Å². The summed E-state index contributed by atoms with van der Waals surface area (Å²) in [5.74, 6) is -1.28. The van der Waals surface area contributed by atoms with Crippen LogP contribution in [0.5, 0.6) is 11.5 Å². The molecular weight excluding hydrogens is 308 g/mol. The normalized spacial score (nSPS) is 10.0. The molecule has 0 aromatic heterocycles. The Morgan fingerprint density at radius 1 is 1.35 bits per heavy atom. The third-order valence-electron chi connectivity index (χ3n) is 2.88. The molecule has 0 aliphatic carbocycles. The van der Waals surface area contributed by atoms with Crippen LogP contribution >= 0.6 is 0 Å². The third kappa shape index (κ3) is 5.13. The Labute approximate surface area is 132 Å². The van der Waals surface area contributed by atoms with Crippen LogP contribution in [-0.4, -0.2) is 42.2 Å². The van der Waals surface area contributed by atoms with Gasteiger partial charge in [-0.15, -0.1) is 0 Å². The molecule has 0 aliphatic rings. The lowest BCUT2D eigenvalue weighted by molar-refractivity contribution is -0.385. The molecule has 0 heterocycles. The minimum Gasteiger partial charge on any atom is -0.493 e. The molecule has 9 nitrogen and oxygen atoms in total. The number of ether oxygens (including phenoxy) is 2. The molecule has 1 aromatic rings. The van der Waals surface area contributed by atoms with Crippen LogP contribution in [-0.2, 0) is 4.79 Å². The van der Waals surface area contributed by atoms with Gasteiger partial charge in [-0.25, -0.2) is 0 Å². The van der Waals surface area contributed by atoms with Gasteiger partial charge in [-0.3, -0.25) is 19.7 Å². The van der Waals surface area contributed by atoms with Crippen molar-refractivity contribution >= 4 is 17.6 Å². The highest BCUT2D eigenvalue weighted by Crippen LogP contribution is 2.34. The first kappa shape index (κ1) is 18.2. The lowest BCUT2D eigenvalue weighted by Gasteiger charge is -2.12. The summed E-state index contributed by atoms with van der Waals surface area (Å²) >= 11 is 0. The highest BCUT2D eigenvalue weighted by atomic mass is 16.6. The predicted octanol–water partition coefficient (Wildman–Crippen LogP) is 1.60. The molecule has 1 rings (SSSR count). The van der Waals surface area contributed by atoms with Crippen molar-refractivity contribution in [1.82, 2.24) is 5.32 Å². The van der Waals surface area contributed by atoms with Crippen molar-refractivity contribution in [2.75, 3.05) is 20.3 Å². The second kappa shape index (κ2) is 8.57. The number of aliphatic carboxylic acids is 1. The van der Waals surface area contributed by atoms with Crippen molar-refractivity contribution in [3.05, 3.63) is 27.8 Å². The standard InChI is InChI=1S/C14H18N2O7/c1-3-23-12-7-9(10(16(20)21)8-11(12)22-2)14(19)15-6-4-5-13(17)18/h7-8H,3-6H2,1-2H3,(H,15,19)(H,17,18). The van der Waals surface area contributed by atoms with Crippen LogP contribution in [0.2, 0.25) is 0 Å². The molecule has 126 valence electrons. The van der Waals surface area contributed by atoms with Crippen molar-refractivity contribution in [3.8, 4) is 11.5 Å². The molecule has 0 bridgehead atoms. The molecule has 0 saturated carbocycles. The first-order valence-electron chi connectivity index (χ1n) is 6.89. The molecule has 0 fully saturated rings. The predicted molar refractivity (Wildman–Crippen MR) is 80.0 cm³/mol. The van der Waals surface area contributed by atoms with Gasteiger partial charge in [-0.05, 0) is 13.3 Å². The first-order chi connectivity index (χ1) is 10.9. The summed E-state index contributed by atoms with van der Waals surface area (Å²) in [5.41, 5.74) is -0.587.